The van der Waals surface area contributed by atoms with Gasteiger partial charge in [0.2, 0.25) is 0 Å². The van der Waals surface area contributed by atoms with Crippen LogP contribution in [0.25, 0.3) is 0 Å². The molecule has 0 saturated carbocycles. The largest absolute Gasteiger partial charge is 0.478 e. The Balaban J connectivity index is 1.92. The summed E-state index contributed by atoms with van der Waals surface area (Å²) in [6.45, 7) is 2.19. The lowest BCUT2D eigenvalue weighted by Gasteiger charge is -2.10. The molecule has 0 aliphatic rings. The van der Waals surface area contributed by atoms with Gasteiger partial charge in [-0.2, -0.15) is 0 Å². The number of nitrogens with one attached hydrogen (secondary N) is 2. The molecule has 0 radical (unpaired) electrons. The van der Waals surface area contributed by atoms with Crippen molar-refractivity contribution in [2.24, 2.45) is 0 Å². The molecule has 0 fully saturated rings. The van der Waals surface area contributed by atoms with Crippen molar-refractivity contribution in [1.29, 1.82) is 0 Å². The number of hydrogen-bond acceptors (Lipinski definition) is 3. The minimum atomic E-state index is -1.08. The van der Waals surface area contributed by atoms with Crippen molar-refractivity contribution in [3.63, 3.8) is 0 Å². The summed E-state index contributed by atoms with van der Waals surface area (Å²) in [6, 6.07) is 7.98. The normalized spacial score (nSPS) is 10.1. The quantitative estimate of drug-likeness (QED) is 0.788. The molecule has 0 atom stereocenters. The minimum Gasteiger partial charge on any atom is -0.478 e. The second kappa shape index (κ2) is 6.60. The molecule has 0 aliphatic heterocycles. The number of benzene rings is 1. The molecule has 3 N–H and O–H groups in total. The maximum atomic E-state index is 11.8. The summed E-state index contributed by atoms with van der Waals surface area (Å²) in [5.74, 6) is -0.304. The zero-order valence-electron chi connectivity index (χ0n) is 11.6. The lowest BCUT2D eigenvalue weighted by Crippen LogP contribution is -2.31. The minimum absolute atomic E-state index is 0.0659. The number of carbonyl (C=O) groups is 2. The van der Waals surface area contributed by atoms with Gasteiger partial charge in [0.05, 0.1) is 17.5 Å². The lowest BCUT2D eigenvalue weighted by molar-refractivity contribution is 0.0698. The second-order valence-electron chi connectivity index (χ2n) is 4.56. The third kappa shape index (κ3) is 4.10. The zero-order chi connectivity index (χ0) is 15.2. The van der Waals surface area contributed by atoms with E-state index in [0.29, 0.717) is 13.0 Å². The number of amides is 2. The molecule has 0 unspecified atom stereocenters. The summed E-state index contributed by atoms with van der Waals surface area (Å²) in [7, 11) is 0. The van der Waals surface area contributed by atoms with Crippen LogP contribution in [0.4, 0.5) is 10.5 Å². The molecule has 1 aromatic carbocycles. The topological polar surface area (TPSA) is 91.6 Å². The third-order valence-corrected chi connectivity index (χ3v) is 2.89. The van der Waals surface area contributed by atoms with Gasteiger partial charge >= 0.3 is 12.0 Å². The lowest BCUT2D eigenvalue weighted by atomic mass is 10.1. The van der Waals surface area contributed by atoms with Crippen LogP contribution in [0.5, 0.6) is 0 Å². The van der Waals surface area contributed by atoms with E-state index in [2.05, 4.69) is 10.6 Å². The highest BCUT2D eigenvalue weighted by Crippen LogP contribution is 2.17. The van der Waals surface area contributed by atoms with Crippen molar-refractivity contribution in [3.05, 3.63) is 53.5 Å². The van der Waals surface area contributed by atoms with E-state index in [4.69, 9.17) is 9.52 Å². The van der Waals surface area contributed by atoms with Gasteiger partial charge in [0, 0.05) is 13.0 Å². The van der Waals surface area contributed by atoms with Crippen molar-refractivity contribution >= 4 is 17.7 Å². The van der Waals surface area contributed by atoms with Crippen LogP contribution in [-0.2, 0) is 6.42 Å². The number of carboxylic acids is 1. The summed E-state index contributed by atoms with van der Waals surface area (Å²) in [5.41, 5.74) is 1.15. The molecule has 6 nitrogen and oxygen atoms in total. The maximum Gasteiger partial charge on any atom is 0.337 e. The average Bonchev–Trinajstić information content (AvgIpc) is 2.94. The van der Waals surface area contributed by atoms with Crippen molar-refractivity contribution < 1.29 is 19.1 Å². The van der Waals surface area contributed by atoms with Gasteiger partial charge in [-0.15, -0.1) is 0 Å². The van der Waals surface area contributed by atoms with Crippen molar-refractivity contribution in [2.75, 3.05) is 11.9 Å². The molecule has 1 aromatic heterocycles. The van der Waals surface area contributed by atoms with E-state index in [-0.39, 0.29) is 11.3 Å². The Hall–Kier alpha value is -2.76. The second-order valence-corrected chi connectivity index (χ2v) is 4.56. The van der Waals surface area contributed by atoms with E-state index in [1.54, 1.807) is 31.4 Å². The number of furan rings is 1. The molecule has 110 valence electrons. The smallest absolute Gasteiger partial charge is 0.337 e. The van der Waals surface area contributed by atoms with Crippen LogP contribution < -0.4 is 10.6 Å². The summed E-state index contributed by atoms with van der Waals surface area (Å²) < 4.78 is 5.15. The Labute approximate surface area is 121 Å². The fourth-order valence-corrected chi connectivity index (χ4v) is 1.86. The molecular weight excluding hydrogens is 272 g/mol. The van der Waals surface area contributed by atoms with Crippen LogP contribution in [-0.4, -0.2) is 23.7 Å². The number of carbonyl (C=O) groups excluding carboxylic acids is 1. The van der Waals surface area contributed by atoms with E-state index < -0.39 is 12.0 Å². The maximum absolute atomic E-state index is 11.8. The molecule has 0 bridgehead atoms. The van der Waals surface area contributed by atoms with E-state index in [0.717, 1.165) is 11.3 Å². The molecule has 1 heterocycles. The van der Waals surface area contributed by atoms with Crippen molar-refractivity contribution in [2.45, 2.75) is 13.3 Å². The van der Waals surface area contributed by atoms with Crippen LogP contribution in [0.2, 0.25) is 0 Å². The predicted octanol–water partition coefficient (Wildman–Crippen LogP) is 2.65. The molecule has 2 rings (SSSR count). The Kier molecular flexibility index (Phi) is 4.61. The zero-order valence-corrected chi connectivity index (χ0v) is 11.6. The standard InChI is InChI=1S/C15H16N2O4/c1-10-4-5-13(12(9-10)14(18)19)17-15(20)16-7-6-11-3-2-8-21-11/h2-5,8-9H,6-7H2,1H3,(H,18,19)(H2,16,17,20). The molecule has 0 spiro atoms. The van der Waals surface area contributed by atoms with Crippen LogP contribution in [0.1, 0.15) is 21.7 Å². The summed E-state index contributed by atoms with van der Waals surface area (Å²) >= 11 is 0. The first-order chi connectivity index (χ1) is 10.1. The molecular formula is C15H16N2O4. The summed E-state index contributed by atoms with van der Waals surface area (Å²) in [6.07, 6.45) is 2.14. The van der Waals surface area contributed by atoms with Crippen LogP contribution in [0.15, 0.2) is 41.0 Å². The highest BCUT2D eigenvalue weighted by Gasteiger charge is 2.12. The molecule has 0 aliphatic carbocycles. The van der Waals surface area contributed by atoms with Crippen molar-refractivity contribution in [1.82, 2.24) is 5.32 Å². The van der Waals surface area contributed by atoms with Gasteiger partial charge in [-0.05, 0) is 31.2 Å². The number of aryl methyl sites for hydroxylation is 1. The molecule has 0 saturated heterocycles. The Bertz CT molecular complexity index is 635. The number of aromatic carboxylic acids is 1. The number of urea groups is 1. The van der Waals surface area contributed by atoms with E-state index in [1.165, 1.54) is 6.07 Å². The van der Waals surface area contributed by atoms with Gasteiger partial charge in [-0.25, -0.2) is 9.59 Å². The summed E-state index contributed by atoms with van der Waals surface area (Å²) in [4.78, 5) is 22.9. The first kappa shape index (κ1) is 14.6. The third-order valence-electron chi connectivity index (χ3n) is 2.89. The number of rotatable bonds is 5. The number of hydrogen-bond donors (Lipinski definition) is 3. The molecule has 21 heavy (non-hydrogen) atoms. The molecule has 6 heteroatoms. The number of anilines is 1. The highest BCUT2D eigenvalue weighted by atomic mass is 16.4. The van der Waals surface area contributed by atoms with Crippen LogP contribution in [0.3, 0.4) is 0 Å². The highest BCUT2D eigenvalue weighted by molar-refractivity contribution is 6.00. The average molecular weight is 288 g/mol. The van der Waals surface area contributed by atoms with Crippen LogP contribution >= 0.6 is 0 Å². The number of carboxylic acid groups (broad SMARTS) is 1. The monoisotopic (exact) mass is 288 g/mol. The van der Waals surface area contributed by atoms with Crippen molar-refractivity contribution in [3.8, 4) is 0 Å². The Morgan fingerprint density at radius 2 is 2.10 bits per heavy atom. The van der Waals surface area contributed by atoms with Gasteiger partial charge in [-0.3, -0.25) is 0 Å². The van der Waals surface area contributed by atoms with Gasteiger partial charge in [0.1, 0.15) is 5.76 Å². The summed E-state index contributed by atoms with van der Waals surface area (Å²) in [5, 5.41) is 14.3. The van der Waals surface area contributed by atoms with Crippen LogP contribution in [0, 0.1) is 6.92 Å². The van der Waals surface area contributed by atoms with E-state index >= 15 is 0 Å². The fourth-order valence-electron chi connectivity index (χ4n) is 1.86. The first-order valence-electron chi connectivity index (χ1n) is 6.47. The van der Waals surface area contributed by atoms with Gasteiger partial charge < -0.3 is 20.2 Å². The SMILES string of the molecule is Cc1ccc(NC(=O)NCCc2ccco2)c(C(=O)O)c1. The fraction of sp³-hybridized carbons (Fsp3) is 0.200. The van der Waals surface area contributed by atoms with Gasteiger partial charge in [0.15, 0.2) is 0 Å². The van der Waals surface area contributed by atoms with E-state index in [9.17, 15) is 9.59 Å². The van der Waals surface area contributed by atoms with E-state index in [1.807, 2.05) is 6.07 Å². The predicted molar refractivity (Wildman–Crippen MR) is 77.6 cm³/mol. The Morgan fingerprint density at radius 3 is 2.76 bits per heavy atom. The molecule has 2 aromatic rings. The first-order valence-corrected chi connectivity index (χ1v) is 6.47. The van der Waals surface area contributed by atoms with Gasteiger partial charge in [-0.1, -0.05) is 11.6 Å². The molecule has 2 amide bonds. The van der Waals surface area contributed by atoms with Gasteiger partial charge in [0.25, 0.3) is 0 Å². The Morgan fingerprint density at radius 1 is 1.29 bits per heavy atom.